The zero-order valence-corrected chi connectivity index (χ0v) is 12.7. The van der Waals surface area contributed by atoms with Crippen LogP contribution >= 0.6 is 0 Å². The predicted octanol–water partition coefficient (Wildman–Crippen LogP) is 3.18. The van der Waals surface area contributed by atoms with Gasteiger partial charge in [0.05, 0.1) is 6.20 Å². The maximum Gasteiger partial charge on any atom is 0.237 e. The largest absolute Gasteiger partial charge is 0.438 e. The standard InChI is InChI=1S/C17H16N4O2/c1-11-2-6-13(7-3-11)23-16-9-8-15-18-14(10-21(15)20-16)19-17(22)12-4-5-12/h2-3,6-10,12H,4-5H2,1H3,(H,19,22). The van der Waals surface area contributed by atoms with E-state index in [0.717, 1.165) is 18.6 Å². The third-order valence-electron chi connectivity index (χ3n) is 3.74. The number of imidazole rings is 1. The van der Waals surface area contributed by atoms with Crippen LogP contribution in [-0.4, -0.2) is 20.5 Å². The summed E-state index contributed by atoms with van der Waals surface area (Å²) in [5, 5.41) is 7.18. The fraction of sp³-hybridized carbons (Fsp3) is 0.235. The van der Waals surface area contributed by atoms with Crippen LogP contribution in [0.3, 0.4) is 0 Å². The molecule has 1 aromatic carbocycles. The number of amides is 1. The molecule has 116 valence electrons. The van der Waals surface area contributed by atoms with Crippen LogP contribution in [0.1, 0.15) is 18.4 Å². The van der Waals surface area contributed by atoms with Gasteiger partial charge in [0.2, 0.25) is 11.8 Å². The number of hydrogen-bond donors (Lipinski definition) is 1. The zero-order valence-electron chi connectivity index (χ0n) is 12.7. The van der Waals surface area contributed by atoms with Crippen molar-refractivity contribution in [2.24, 2.45) is 5.92 Å². The normalized spacial score (nSPS) is 14.0. The minimum atomic E-state index is 0.0320. The van der Waals surface area contributed by atoms with E-state index in [1.165, 1.54) is 5.56 Å². The van der Waals surface area contributed by atoms with Crippen molar-refractivity contribution < 1.29 is 9.53 Å². The first-order valence-electron chi connectivity index (χ1n) is 7.59. The molecule has 0 unspecified atom stereocenters. The fourth-order valence-electron chi connectivity index (χ4n) is 2.28. The first-order valence-corrected chi connectivity index (χ1v) is 7.59. The van der Waals surface area contributed by atoms with Crippen molar-refractivity contribution in [3.05, 3.63) is 48.2 Å². The van der Waals surface area contributed by atoms with Gasteiger partial charge in [0.25, 0.3) is 0 Å². The summed E-state index contributed by atoms with van der Waals surface area (Å²) in [5.41, 5.74) is 1.83. The molecule has 1 aliphatic rings. The van der Waals surface area contributed by atoms with Crippen LogP contribution in [0.5, 0.6) is 11.6 Å². The van der Waals surface area contributed by atoms with E-state index in [2.05, 4.69) is 15.4 Å². The van der Waals surface area contributed by atoms with Crippen LogP contribution in [0.4, 0.5) is 5.82 Å². The van der Waals surface area contributed by atoms with Crippen LogP contribution in [-0.2, 0) is 4.79 Å². The molecule has 1 amide bonds. The molecule has 0 aliphatic heterocycles. The molecule has 1 saturated carbocycles. The number of nitrogens with one attached hydrogen (secondary N) is 1. The average Bonchev–Trinajstić information content (AvgIpc) is 3.31. The molecule has 1 N–H and O–H groups in total. The second kappa shape index (κ2) is 5.39. The molecule has 1 aliphatic carbocycles. The van der Waals surface area contributed by atoms with Crippen LogP contribution in [0.25, 0.3) is 5.65 Å². The molecular formula is C17H16N4O2. The van der Waals surface area contributed by atoms with Gasteiger partial charge in [-0.25, -0.2) is 9.50 Å². The maximum atomic E-state index is 11.8. The van der Waals surface area contributed by atoms with E-state index in [0.29, 0.717) is 17.3 Å². The Balaban J connectivity index is 1.54. The number of carbonyl (C=O) groups is 1. The van der Waals surface area contributed by atoms with Gasteiger partial charge in [0.15, 0.2) is 11.5 Å². The Kier molecular flexibility index (Phi) is 3.22. The van der Waals surface area contributed by atoms with E-state index in [9.17, 15) is 4.79 Å². The number of carbonyl (C=O) groups excluding carboxylic acids is 1. The lowest BCUT2D eigenvalue weighted by Gasteiger charge is -2.04. The van der Waals surface area contributed by atoms with E-state index in [-0.39, 0.29) is 11.8 Å². The van der Waals surface area contributed by atoms with E-state index in [4.69, 9.17) is 4.74 Å². The number of aromatic nitrogens is 3. The van der Waals surface area contributed by atoms with Crippen molar-refractivity contribution >= 4 is 17.4 Å². The smallest absolute Gasteiger partial charge is 0.237 e. The summed E-state index contributed by atoms with van der Waals surface area (Å²) >= 11 is 0. The summed E-state index contributed by atoms with van der Waals surface area (Å²) in [7, 11) is 0. The molecule has 0 radical (unpaired) electrons. The highest BCUT2D eigenvalue weighted by molar-refractivity contribution is 5.93. The van der Waals surface area contributed by atoms with Gasteiger partial charge < -0.3 is 10.1 Å². The van der Waals surface area contributed by atoms with Gasteiger partial charge in [-0.15, -0.1) is 5.10 Å². The first-order chi connectivity index (χ1) is 11.2. The average molecular weight is 308 g/mol. The van der Waals surface area contributed by atoms with Crippen molar-refractivity contribution in [1.29, 1.82) is 0 Å². The molecule has 0 atom stereocenters. The lowest BCUT2D eigenvalue weighted by atomic mass is 10.2. The molecule has 3 aromatic rings. The highest BCUT2D eigenvalue weighted by Gasteiger charge is 2.30. The van der Waals surface area contributed by atoms with Gasteiger partial charge in [-0.2, -0.15) is 0 Å². The van der Waals surface area contributed by atoms with Crippen molar-refractivity contribution in [3.63, 3.8) is 0 Å². The van der Waals surface area contributed by atoms with Crippen LogP contribution in [0, 0.1) is 12.8 Å². The Morgan fingerprint density at radius 2 is 2.00 bits per heavy atom. The number of fused-ring (bicyclic) bond motifs is 1. The Labute approximate surface area is 133 Å². The molecule has 6 heteroatoms. The van der Waals surface area contributed by atoms with Gasteiger partial charge in [-0.1, -0.05) is 17.7 Å². The quantitative estimate of drug-likeness (QED) is 0.803. The first kappa shape index (κ1) is 13.8. The Morgan fingerprint density at radius 3 is 2.74 bits per heavy atom. The van der Waals surface area contributed by atoms with Crippen LogP contribution in [0.2, 0.25) is 0 Å². The van der Waals surface area contributed by atoms with E-state index in [1.807, 2.05) is 37.3 Å². The Hall–Kier alpha value is -2.89. The van der Waals surface area contributed by atoms with Gasteiger partial charge in [-0.3, -0.25) is 4.79 Å². The lowest BCUT2D eigenvalue weighted by Crippen LogP contribution is -2.13. The number of benzene rings is 1. The predicted molar refractivity (Wildman–Crippen MR) is 85.6 cm³/mol. The summed E-state index contributed by atoms with van der Waals surface area (Å²) in [5.74, 6) is 1.89. The van der Waals surface area contributed by atoms with Crippen LogP contribution in [0.15, 0.2) is 42.6 Å². The molecule has 6 nitrogen and oxygen atoms in total. The minimum Gasteiger partial charge on any atom is -0.438 e. The monoisotopic (exact) mass is 308 g/mol. The molecule has 0 saturated heterocycles. The SMILES string of the molecule is Cc1ccc(Oc2ccc3nc(NC(=O)C4CC4)cn3n2)cc1. The highest BCUT2D eigenvalue weighted by Crippen LogP contribution is 2.30. The number of nitrogens with zero attached hydrogens (tertiary/aromatic N) is 3. The van der Waals surface area contributed by atoms with Gasteiger partial charge in [-0.05, 0) is 38.0 Å². The maximum absolute atomic E-state index is 11.8. The number of ether oxygens (including phenoxy) is 1. The van der Waals surface area contributed by atoms with Gasteiger partial charge >= 0.3 is 0 Å². The summed E-state index contributed by atoms with van der Waals surface area (Å²) < 4.78 is 7.34. The molecule has 0 spiro atoms. The zero-order chi connectivity index (χ0) is 15.8. The molecule has 2 aromatic heterocycles. The molecule has 0 bridgehead atoms. The second-order valence-electron chi connectivity index (χ2n) is 5.78. The number of rotatable bonds is 4. The number of anilines is 1. The Bertz CT molecular complexity index is 866. The van der Waals surface area contributed by atoms with E-state index in [1.54, 1.807) is 16.8 Å². The fourth-order valence-corrected chi connectivity index (χ4v) is 2.28. The molecular weight excluding hydrogens is 292 g/mol. The number of aryl methyl sites for hydroxylation is 1. The molecule has 1 fully saturated rings. The van der Waals surface area contributed by atoms with Gasteiger partial charge in [0.1, 0.15) is 5.75 Å². The third-order valence-corrected chi connectivity index (χ3v) is 3.74. The van der Waals surface area contributed by atoms with E-state index >= 15 is 0 Å². The third kappa shape index (κ3) is 3.01. The van der Waals surface area contributed by atoms with E-state index < -0.39 is 0 Å². The summed E-state index contributed by atoms with van der Waals surface area (Å²) in [6.45, 7) is 2.02. The van der Waals surface area contributed by atoms with Crippen molar-refractivity contribution in [2.45, 2.75) is 19.8 Å². The second-order valence-corrected chi connectivity index (χ2v) is 5.78. The van der Waals surface area contributed by atoms with Crippen molar-refractivity contribution in [2.75, 3.05) is 5.32 Å². The molecule has 23 heavy (non-hydrogen) atoms. The van der Waals surface area contributed by atoms with Crippen LogP contribution < -0.4 is 10.1 Å². The van der Waals surface area contributed by atoms with Crippen molar-refractivity contribution in [1.82, 2.24) is 14.6 Å². The number of hydrogen-bond acceptors (Lipinski definition) is 4. The lowest BCUT2D eigenvalue weighted by molar-refractivity contribution is -0.117. The topological polar surface area (TPSA) is 68.5 Å². The highest BCUT2D eigenvalue weighted by atomic mass is 16.5. The Morgan fingerprint density at radius 1 is 1.22 bits per heavy atom. The summed E-state index contributed by atoms with van der Waals surface area (Å²) in [6.07, 6.45) is 3.62. The molecule has 4 rings (SSSR count). The molecule has 2 heterocycles. The summed E-state index contributed by atoms with van der Waals surface area (Å²) in [4.78, 5) is 16.1. The minimum absolute atomic E-state index is 0.0320. The van der Waals surface area contributed by atoms with Gasteiger partial charge in [0, 0.05) is 12.0 Å². The van der Waals surface area contributed by atoms with Crippen molar-refractivity contribution in [3.8, 4) is 11.6 Å². The summed E-state index contributed by atoms with van der Waals surface area (Å²) in [6, 6.07) is 11.3.